The molecule has 0 spiro atoms. The van der Waals surface area contributed by atoms with Gasteiger partial charge < -0.3 is 14.8 Å². The van der Waals surface area contributed by atoms with Crippen LogP contribution in [0.3, 0.4) is 0 Å². The molecule has 0 radical (unpaired) electrons. The Balaban J connectivity index is 2.13. The number of hydrogen-bond donors (Lipinski definition) is 2. The number of rotatable bonds is 6. The molecule has 0 aliphatic rings. The fourth-order valence-electron chi connectivity index (χ4n) is 2.21. The van der Waals surface area contributed by atoms with Crippen LogP contribution in [0.25, 0.3) is 11.1 Å². The summed E-state index contributed by atoms with van der Waals surface area (Å²) in [7, 11) is 1.88. The van der Waals surface area contributed by atoms with Crippen molar-refractivity contribution in [3.63, 3.8) is 0 Å². The third-order valence-electron chi connectivity index (χ3n) is 3.15. The highest BCUT2D eigenvalue weighted by Gasteiger charge is 2.12. The van der Waals surface area contributed by atoms with Crippen LogP contribution in [-0.4, -0.2) is 23.1 Å². The Morgan fingerprint density at radius 1 is 1.53 bits per heavy atom. The Morgan fingerprint density at radius 2 is 2.32 bits per heavy atom. The minimum Gasteiger partial charge on any atom is -0.481 e. The third-order valence-corrected chi connectivity index (χ3v) is 3.15. The molecule has 2 aromatic rings. The van der Waals surface area contributed by atoms with Gasteiger partial charge in [0.2, 0.25) is 0 Å². The highest BCUT2D eigenvalue weighted by Crippen LogP contribution is 2.24. The number of aliphatic carboxylic acids is 1. The molecule has 1 aromatic heterocycles. The second-order valence-electron chi connectivity index (χ2n) is 4.59. The van der Waals surface area contributed by atoms with Crippen molar-refractivity contribution in [2.45, 2.75) is 32.2 Å². The average Bonchev–Trinajstić information content (AvgIpc) is 2.73. The van der Waals surface area contributed by atoms with Crippen LogP contribution in [0.4, 0.5) is 0 Å². The quantitative estimate of drug-likeness (QED) is 0.837. The number of nitrogens with one attached hydrogen (secondary N) is 1. The number of aryl methyl sites for hydroxylation is 1. The standard InChI is InChI=1S/C14H18N2O3/c1-9-16-12-7-6-10(8-13(12)19-9)11(15-2)4-3-5-14(17)18/h6-8,11,15H,3-5H2,1-2H3,(H,17,18). The molecule has 1 aromatic carbocycles. The van der Waals surface area contributed by atoms with Crippen LogP contribution in [0.1, 0.15) is 36.8 Å². The van der Waals surface area contributed by atoms with Crippen molar-refractivity contribution in [2.75, 3.05) is 7.05 Å². The predicted octanol–water partition coefficient (Wildman–Crippen LogP) is 2.65. The summed E-state index contributed by atoms with van der Waals surface area (Å²) in [6.07, 6.45) is 1.62. The smallest absolute Gasteiger partial charge is 0.303 e. The first-order valence-corrected chi connectivity index (χ1v) is 6.36. The molecule has 0 saturated heterocycles. The van der Waals surface area contributed by atoms with E-state index in [0.717, 1.165) is 23.1 Å². The van der Waals surface area contributed by atoms with E-state index in [0.29, 0.717) is 12.3 Å². The number of carboxylic acid groups (broad SMARTS) is 1. The molecule has 0 bridgehead atoms. The summed E-state index contributed by atoms with van der Waals surface area (Å²) in [6, 6.07) is 6.04. The maximum atomic E-state index is 10.5. The van der Waals surface area contributed by atoms with E-state index >= 15 is 0 Å². The molecule has 0 saturated carbocycles. The summed E-state index contributed by atoms with van der Waals surface area (Å²) < 4.78 is 5.51. The normalized spacial score (nSPS) is 12.7. The van der Waals surface area contributed by atoms with Gasteiger partial charge in [-0.05, 0) is 37.6 Å². The lowest BCUT2D eigenvalue weighted by Crippen LogP contribution is -2.16. The van der Waals surface area contributed by atoms with Crippen molar-refractivity contribution < 1.29 is 14.3 Å². The van der Waals surface area contributed by atoms with Crippen LogP contribution in [0, 0.1) is 6.92 Å². The van der Waals surface area contributed by atoms with Gasteiger partial charge in [0, 0.05) is 19.4 Å². The average molecular weight is 262 g/mol. The fourth-order valence-corrected chi connectivity index (χ4v) is 2.21. The van der Waals surface area contributed by atoms with Crippen LogP contribution >= 0.6 is 0 Å². The molecule has 5 nitrogen and oxygen atoms in total. The Bertz CT molecular complexity index is 577. The Morgan fingerprint density at radius 3 is 3.00 bits per heavy atom. The van der Waals surface area contributed by atoms with Gasteiger partial charge in [-0.2, -0.15) is 0 Å². The number of aromatic nitrogens is 1. The maximum Gasteiger partial charge on any atom is 0.303 e. The highest BCUT2D eigenvalue weighted by atomic mass is 16.4. The van der Waals surface area contributed by atoms with Crippen molar-refractivity contribution >= 4 is 17.1 Å². The van der Waals surface area contributed by atoms with E-state index in [9.17, 15) is 4.79 Å². The van der Waals surface area contributed by atoms with Crippen molar-refractivity contribution in [3.8, 4) is 0 Å². The molecular formula is C14H18N2O3. The molecule has 0 aliphatic carbocycles. The van der Waals surface area contributed by atoms with Crippen molar-refractivity contribution in [3.05, 3.63) is 29.7 Å². The largest absolute Gasteiger partial charge is 0.481 e. The lowest BCUT2D eigenvalue weighted by molar-refractivity contribution is -0.137. The molecule has 2 rings (SSSR count). The zero-order valence-corrected chi connectivity index (χ0v) is 11.1. The van der Waals surface area contributed by atoms with Gasteiger partial charge in [0.15, 0.2) is 11.5 Å². The predicted molar refractivity (Wildman–Crippen MR) is 72.0 cm³/mol. The minimum absolute atomic E-state index is 0.133. The number of benzene rings is 1. The van der Waals surface area contributed by atoms with Crippen molar-refractivity contribution in [1.82, 2.24) is 10.3 Å². The molecule has 0 fully saturated rings. The van der Waals surface area contributed by atoms with Gasteiger partial charge in [0.1, 0.15) is 5.52 Å². The number of carboxylic acids is 1. The monoisotopic (exact) mass is 262 g/mol. The van der Waals surface area contributed by atoms with Gasteiger partial charge in [-0.25, -0.2) is 4.98 Å². The Labute approximate surface area is 111 Å². The number of hydrogen-bond acceptors (Lipinski definition) is 4. The summed E-state index contributed by atoms with van der Waals surface area (Å²) in [6.45, 7) is 1.82. The Kier molecular flexibility index (Phi) is 4.16. The summed E-state index contributed by atoms with van der Waals surface area (Å²) in [5.41, 5.74) is 2.71. The second kappa shape index (κ2) is 5.84. The van der Waals surface area contributed by atoms with E-state index < -0.39 is 5.97 Å². The van der Waals surface area contributed by atoms with Gasteiger partial charge in [-0.1, -0.05) is 6.07 Å². The fraction of sp³-hybridized carbons (Fsp3) is 0.429. The molecule has 19 heavy (non-hydrogen) atoms. The molecule has 0 amide bonds. The summed E-state index contributed by atoms with van der Waals surface area (Å²) in [4.78, 5) is 14.8. The van der Waals surface area contributed by atoms with Crippen LogP contribution in [0.15, 0.2) is 22.6 Å². The first-order chi connectivity index (χ1) is 9.10. The number of fused-ring (bicyclic) bond motifs is 1. The topological polar surface area (TPSA) is 75.4 Å². The SMILES string of the molecule is CNC(CCCC(=O)O)c1ccc2nc(C)oc2c1. The summed E-state index contributed by atoms with van der Waals surface area (Å²) >= 11 is 0. The third kappa shape index (κ3) is 3.32. The maximum absolute atomic E-state index is 10.5. The van der Waals surface area contributed by atoms with Gasteiger partial charge in [0.05, 0.1) is 0 Å². The molecule has 0 aliphatic heterocycles. The van der Waals surface area contributed by atoms with Gasteiger partial charge in [-0.15, -0.1) is 0 Å². The van der Waals surface area contributed by atoms with Crippen molar-refractivity contribution in [2.24, 2.45) is 0 Å². The molecule has 1 unspecified atom stereocenters. The van der Waals surface area contributed by atoms with Crippen LogP contribution in [0.5, 0.6) is 0 Å². The molecule has 5 heteroatoms. The van der Waals surface area contributed by atoms with E-state index in [1.807, 2.05) is 32.2 Å². The zero-order valence-electron chi connectivity index (χ0n) is 11.1. The zero-order chi connectivity index (χ0) is 13.8. The van der Waals surface area contributed by atoms with E-state index in [2.05, 4.69) is 10.3 Å². The van der Waals surface area contributed by atoms with Gasteiger partial charge >= 0.3 is 5.97 Å². The van der Waals surface area contributed by atoms with Crippen molar-refractivity contribution in [1.29, 1.82) is 0 Å². The van der Waals surface area contributed by atoms with Crippen LogP contribution < -0.4 is 5.32 Å². The van der Waals surface area contributed by atoms with Gasteiger partial charge in [0.25, 0.3) is 0 Å². The van der Waals surface area contributed by atoms with E-state index in [1.165, 1.54) is 0 Å². The lowest BCUT2D eigenvalue weighted by Gasteiger charge is -2.15. The second-order valence-corrected chi connectivity index (χ2v) is 4.59. The first-order valence-electron chi connectivity index (χ1n) is 6.36. The molecular weight excluding hydrogens is 244 g/mol. The van der Waals surface area contributed by atoms with E-state index in [1.54, 1.807) is 0 Å². The van der Waals surface area contributed by atoms with E-state index in [4.69, 9.17) is 9.52 Å². The van der Waals surface area contributed by atoms with E-state index in [-0.39, 0.29) is 12.5 Å². The molecule has 1 atom stereocenters. The van der Waals surface area contributed by atoms with Crippen LogP contribution in [0.2, 0.25) is 0 Å². The molecule has 1 heterocycles. The minimum atomic E-state index is -0.754. The molecule has 102 valence electrons. The highest BCUT2D eigenvalue weighted by molar-refractivity contribution is 5.73. The first kappa shape index (κ1) is 13.5. The number of nitrogens with zero attached hydrogens (tertiary/aromatic N) is 1. The number of carbonyl (C=O) groups is 1. The summed E-state index contributed by atoms with van der Waals surface area (Å²) in [5.74, 6) is -0.102. The van der Waals surface area contributed by atoms with Gasteiger partial charge in [-0.3, -0.25) is 4.79 Å². The van der Waals surface area contributed by atoms with Crippen LogP contribution in [-0.2, 0) is 4.79 Å². The molecule has 2 N–H and O–H groups in total. The Hall–Kier alpha value is -1.88. The summed E-state index contributed by atoms with van der Waals surface area (Å²) in [5, 5.41) is 11.9. The lowest BCUT2D eigenvalue weighted by atomic mass is 10.0. The number of oxazole rings is 1.